The fourth-order valence-electron chi connectivity index (χ4n) is 3.37. The molecule has 1 heterocycles. The molecule has 4 nitrogen and oxygen atoms in total. The molecule has 1 N–H and O–H groups in total. The summed E-state index contributed by atoms with van der Waals surface area (Å²) in [5.74, 6) is 0.136. The Bertz CT molecular complexity index is 1060. The Morgan fingerprint density at radius 1 is 0.893 bits per heavy atom. The molecule has 0 saturated heterocycles. The number of benzene rings is 3. The van der Waals surface area contributed by atoms with Crippen LogP contribution >= 0.6 is 0 Å². The maximum atomic E-state index is 13.4. The van der Waals surface area contributed by atoms with E-state index in [1.807, 2.05) is 78.9 Å². The molecular weight excluding hydrogens is 348 g/mol. The van der Waals surface area contributed by atoms with Crippen LogP contribution in [-0.2, 0) is 4.79 Å². The number of pyridine rings is 1. The largest absolute Gasteiger partial charge is 0.497 e. The predicted molar refractivity (Wildman–Crippen MR) is 112 cm³/mol. The highest BCUT2D eigenvalue weighted by Gasteiger charge is 2.23. The first-order valence-electron chi connectivity index (χ1n) is 9.10. The van der Waals surface area contributed by atoms with Crippen molar-refractivity contribution < 1.29 is 9.53 Å². The highest BCUT2D eigenvalue weighted by atomic mass is 16.5. The molecule has 3 aromatic carbocycles. The molecular formula is C24H20N2O2. The minimum absolute atomic E-state index is 0.113. The first kappa shape index (κ1) is 17.7. The zero-order valence-corrected chi connectivity index (χ0v) is 15.5. The first-order valence-corrected chi connectivity index (χ1v) is 9.10. The second-order valence-electron chi connectivity index (χ2n) is 6.49. The van der Waals surface area contributed by atoms with Crippen LogP contribution in [0.5, 0.6) is 5.75 Å². The quantitative estimate of drug-likeness (QED) is 0.538. The highest BCUT2D eigenvalue weighted by molar-refractivity contribution is 6.04. The molecule has 28 heavy (non-hydrogen) atoms. The molecule has 0 aliphatic carbocycles. The minimum atomic E-state index is -0.424. The van der Waals surface area contributed by atoms with Crippen LogP contribution in [0.15, 0.2) is 91.1 Å². The number of nitrogens with one attached hydrogen (secondary N) is 1. The van der Waals surface area contributed by atoms with E-state index in [0.29, 0.717) is 11.4 Å². The van der Waals surface area contributed by atoms with Gasteiger partial charge in [0, 0.05) is 17.6 Å². The van der Waals surface area contributed by atoms with Crippen LogP contribution in [0.3, 0.4) is 0 Å². The van der Waals surface area contributed by atoms with Gasteiger partial charge in [-0.15, -0.1) is 0 Å². The Kier molecular flexibility index (Phi) is 5.02. The minimum Gasteiger partial charge on any atom is -0.497 e. The van der Waals surface area contributed by atoms with E-state index in [1.54, 1.807) is 19.4 Å². The van der Waals surface area contributed by atoms with Crippen LogP contribution in [-0.4, -0.2) is 18.0 Å². The van der Waals surface area contributed by atoms with Crippen molar-refractivity contribution in [2.24, 2.45) is 0 Å². The van der Waals surface area contributed by atoms with E-state index in [9.17, 15) is 4.79 Å². The van der Waals surface area contributed by atoms with Crippen molar-refractivity contribution in [1.29, 1.82) is 0 Å². The highest BCUT2D eigenvalue weighted by Crippen LogP contribution is 2.31. The molecule has 4 rings (SSSR count). The van der Waals surface area contributed by atoms with Gasteiger partial charge in [0.15, 0.2) is 0 Å². The number of hydrogen-bond acceptors (Lipinski definition) is 3. The van der Waals surface area contributed by atoms with Gasteiger partial charge in [0.2, 0.25) is 5.91 Å². The number of carbonyl (C=O) groups excluding carboxylic acids is 1. The summed E-state index contributed by atoms with van der Waals surface area (Å²) >= 11 is 0. The molecule has 138 valence electrons. The topological polar surface area (TPSA) is 51.2 Å². The van der Waals surface area contributed by atoms with Crippen LogP contribution in [0, 0.1) is 0 Å². The van der Waals surface area contributed by atoms with Crippen molar-refractivity contribution in [3.05, 3.63) is 102 Å². The number of hydrogen-bond donors (Lipinski definition) is 1. The third kappa shape index (κ3) is 3.58. The maximum Gasteiger partial charge on any atom is 0.236 e. The van der Waals surface area contributed by atoms with Crippen LogP contribution in [0.2, 0.25) is 0 Å². The number of carbonyl (C=O) groups is 1. The number of methoxy groups -OCH3 is 1. The average molecular weight is 368 g/mol. The number of amides is 1. The summed E-state index contributed by atoms with van der Waals surface area (Å²) < 4.78 is 5.40. The summed E-state index contributed by atoms with van der Waals surface area (Å²) in [6.07, 6.45) is 1.72. The van der Waals surface area contributed by atoms with Crippen LogP contribution in [0.1, 0.15) is 17.0 Å². The summed E-state index contributed by atoms with van der Waals surface area (Å²) in [7, 11) is 1.61. The van der Waals surface area contributed by atoms with Crippen molar-refractivity contribution >= 4 is 22.5 Å². The lowest BCUT2D eigenvalue weighted by Gasteiger charge is -2.19. The SMILES string of the molecule is COc1cc(NC(=O)C(c2ccccc2)c2ccccc2)c2ncccc2c1. The van der Waals surface area contributed by atoms with Crippen LogP contribution in [0.4, 0.5) is 5.69 Å². The van der Waals surface area contributed by atoms with E-state index in [1.165, 1.54) is 0 Å². The Labute approximate surface area is 163 Å². The molecule has 0 aliphatic rings. The number of fused-ring (bicyclic) bond motifs is 1. The summed E-state index contributed by atoms with van der Waals surface area (Å²) in [4.78, 5) is 17.8. The second kappa shape index (κ2) is 7.92. The van der Waals surface area contributed by atoms with Crippen molar-refractivity contribution in [2.45, 2.75) is 5.92 Å². The molecule has 0 bridgehead atoms. The van der Waals surface area contributed by atoms with Gasteiger partial charge in [-0.05, 0) is 23.3 Å². The Balaban J connectivity index is 1.76. The molecule has 0 spiro atoms. The lowest BCUT2D eigenvalue weighted by Crippen LogP contribution is -2.22. The zero-order chi connectivity index (χ0) is 19.3. The molecule has 0 atom stereocenters. The molecule has 4 aromatic rings. The number of aromatic nitrogens is 1. The number of anilines is 1. The molecule has 1 aromatic heterocycles. The summed E-state index contributed by atoms with van der Waals surface area (Å²) in [5, 5.41) is 3.99. The summed E-state index contributed by atoms with van der Waals surface area (Å²) in [5.41, 5.74) is 3.24. The molecule has 0 fully saturated rings. The average Bonchev–Trinajstić information content (AvgIpc) is 2.75. The smallest absolute Gasteiger partial charge is 0.236 e. The predicted octanol–water partition coefficient (Wildman–Crippen LogP) is 5.01. The van der Waals surface area contributed by atoms with Gasteiger partial charge in [-0.2, -0.15) is 0 Å². The molecule has 1 amide bonds. The van der Waals surface area contributed by atoms with Crippen molar-refractivity contribution in [2.75, 3.05) is 12.4 Å². The van der Waals surface area contributed by atoms with E-state index in [-0.39, 0.29) is 5.91 Å². The van der Waals surface area contributed by atoms with E-state index >= 15 is 0 Å². The molecule has 0 aliphatic heterocycles. The lowest BCUT2D eigenvalue weighted by molar-refractivity contribution is -0.116. The Morgan fingerprint density at radius 3 is 2.14 bits per heavy atom. The second-order valence-corrected chi connectivity index (χ2v) is 6.49. The van der Waals surface area contributed by atoms with Gasteiger partial charge in [0.1, 0.15) is 5.75 Å². The van der Waals surface area contributed by atoms with Gasteiger partial charge >= 0.3 is 0 Å². The van der Waals surface area contributed by atoms with Crippen LogP contribution < -0.4 is 10.1 Å². The number of nitrogens with zero attached hydrogens (tertiary/aromatic N) is 1. The van der Waals surface area contributed by atoms with Gasteiger partial charge in [0.05, 0.1) is 24.2 Å². The summed E-state index contributed by atoms with van der Waals surface area (Å²) in [6.45, 7) is 0. The van der Waals surface area contributed by atoms with Crippen molar-refractivity contribution in [3.8, 4) is 5.75 Å². The van der Waals surface area contributed by atoms with Gasteiger partial charge in [-0.25, -0.2) is 0 Å². The van der Waals surface area contributed by atoms with Gasteiger partial charge in [-0.3, -0.25) is 9.78 Å². The van der Waals surface area contributed by atoms with E-state index in [0.717, 1.165) is 22.0 Å². The fraction of sp³-hybridized carbons (Fsp3) is 0.0833. The Morgan fingerprint density at radius 2 is 1.54 bits per heavy atom. The summed E-state index contributed by atoms with van der Waals surface area (Å²) in [6, 6.07) is 27.1. The Hall–Kier alpha value is -3.66. The maximum absolute atomic E-state index is 13.4. The normalized spacial score (nSPS) is 10.8. The zero-order valence-electron chi connectivity index (χ0n) is 15.5. The van der Waals surface area contributed by atoms with Crippen molar-refractivity contribution in [3.63, 3.8) is 0 Å². The lowest BCUT2D eigenvalue weighted by atomic mass is 9.90. The number of rotatable bonds is 5. The molecule has 0 radical (unpaired) electrons. The fourth-order valence-corrected chi connectivity index (χ4v) is 3.37. The molecule has 0 unspecified atom stereocenters. The van der Waals surface area contributed by atoms with Crippen molar-refractivity contribution in [1.82, 2.24) is 4.98 Å². The third-order valence-corrected chi connectivity index (χ3v) is 4.70. The van der Waals surface area contributed by atoms with Gasteiger partial charge in [-0.1, -0.05) is 66.7 Å². The monoisotopic (exact) mass is 368 g/mol. The molecule has 0 saturated carbocycles. The van der Waals surface area contributed by atoms with Gasteiger partial charge in [0.25, 0.3) is 0 Å². The van der Waals surface area contributed by atoms with Crippen LogP contribution in [0.25, 0.3) is 10.9 Å². The molecule has 4 heteroatoms. The van der Waals surface area contributed by atoms with E-state index in [4.69, 9.17) is 4.74 Å². The van der Waals surface area contributed by atoms with E-state index < -0.39 is 5.92 Å². The van der Waals surface area contributed by atoms with E-state index in [2.05, 4.69) is 10.3 Å². The standard InChI is InChI=1S/C24H20N2O2/c1-28-20-15-19-13-8-14-25-23(19)21(16-20)26-24(27)22(17-9-4-2-5-10-17)18-11-6-3-7-12-18/h2-16,22H,1H3,(H,26,27). The first-order chi connectivity index (χ1) is 13.8. The van der Waals surface area contributed by atoms with Gasteiger partial charge < -0.3 is 10.1 Å². The third-order valence-electron chi connectivity index (χ3n) is 4.70. The number of ether oxygens (including phenoxy) is 1.